The lowest BCUT2D eigenvalue weighted by Gasteiger charge is -2.28. The Morgan fingerprint density at radius 3 is 2.47 bits per heavy atom. The Morgan fingerprint density at radius 2 is 2.06 bits per heavy atom. The van der Waals surface area contributed by atoms with Gasteiger partial charge in [0.05, 0.1) is 12.0 Å². The van der Waals surface area contributed by atoms with E-state index in [0.29, 0.717) is 4.88 Å². The summed E-state index contributed by atoms with van der Waals surface area (Å²) < 4.78 is 4.71. The van der Waals surface area contributed by atoms with Gasteiger partial charge in [0.25, 0.3) is 5.91 Å². The van der Waals surface area contributed by atoms with Gasteiger partial charge in [0, 0.05) is 0 Å². The number of hydrogen-bond donors (Lipinski definition) is 1. The van der Waals surface area contributed by atoms with Gasteiger partial charge in [-0.1, -0.05) is 26.8 Å². The van der Waals surface area contributed by atoms with Crippen molar-refractivity contribution in [1.29, 1.82) is 0 Å². The Morgan fingerprint density at radius 1 is 1.41 bits per heavy atom. The first-order chi connectivity index (χ1) is 7.86. The van der Waals surface area contributed by atoms with Crippen LogP contribution in [0.15, 0.2) is 17.5 Å². The molecule has 0 unspecified atom stereocenters. The predicted molar refractivity (Wildman–Crippen MR) is 67.0 cm³/mol. The summed E-state index contributed by atoms with van der Waals surface area (Å²) in [7, 11) is 1.32. The summed E-state index contributed by atoms with van der Waals surface area (Å²) in [5, 5.41) is 4.53. The summed E-state index contributed by atoms with van der Waals surface area (Å²) in [4.78, 5) is 24.1. The van der Waals surface area contributed by atoms with Crippen molar-refractivity contribution in [2.24, 2.45) is 5.41 Å². The predicted octanol–water partition coefficient (Wildman–Crippen LogP) is 2.07. The van der Waals surface area contributed by atoms with Crippen LogP contribution in [-0.2, 0) is 9.53 Å². The minimum Gasteiger partial charge on any atom is -0.467 e. The van der Waals surface area contributed by atoms with E-state index in [-0.39, 0.29) is 11.3 Å². The van der Waals surface area contributed by atoms with Gasteiger partial charge in [-0.25, -0.2) is 4.79 Å². The number of hydrogen-bond acceptors (Lipinski definition) is 4. The molecule has 1 atom stereocenters. The van der Waals surface area contributed by atoms with Crippen LogP contribution >= 0.6 is 11.3 Å². The third-order valence-corrected chi connectivity index (χ3v) is 3.19. The van der Waals surface area contributed by atoms with Crippen molar-refractivity contribution in [1.82, 2.24) is 5.32 Å². The molecule has 1 heterocycles. The largest absolute Gasteiger partial charge is 0.467 e. The highest BCUT2D eigenvalue weighted by Gasteiger charge is 2.33. The maximum atomic E-state index is 11.9. The van der Waals surface area contributed by atoms with Gasteiger partial charge >= 0.3 is 5.97 Å². The molecule has 0 spiro atoms. The van der Waals surface area contributed by atoms with E-state index in [0.717, 1.165) is 0 Å². The van der Waals surface area contributed by atoms with Gasteiger partial charge in [-0.2, -0.15) is 0 Å². The molecule has 0 aliphatic rings. The van der Waals surface area contributed by atoms with Crippen LogP contribution in [0.1, 0.15) is 30.4 Å². The molecular weight excluding hydrogens is 238 g/mol. The monoisotopic (exact) mass is 255 g/mol. The summed E-state index contributed by atoms with van der Waals surface area (Å²) in [6.45, 7) is 5.63. The van der Waals surface area contributed by atoms with Crippen molar-refractivity contribution in [3.63, 3.8) is 0 Å². The second-order valence-corrected chi connectivity index (χ2v) is 5.72. The molecule has 1 N–H and O–H groups in total. The lowest BCUT2D eigenvalue weighted by molar-refractivity contribution is -0.145. The summed E-state index contributed by atoms with van der Waals surface area (Å²) in [6, 6.07) is 2.86. The van der Waals surface area contributed by atoms with E-state index >= 15 is 0 Å². The molecule has 1 aromatic rings. The second-order valence-electron chi connectivity index (χ2n) is 4.77. The number of carbonyl (C=O) groups excluding carboxylic acids is 2. The van der Waals surface area contributed by atoms with E-state index in [1.807, 2.05) is 26.2 Å². The van der Waals surface area contributed by atoms with Gasteiger partial charge < -0.3 is 10.1 Å². The maximum absolute atomic E-state index is 11.9. The lowest BCUT2D eigenvalue weighted by Crippen LogP contribution is -2.49. The topological polar surface area (TPSA) is 55.4 Å². The third-order valence-electron chi connectivity index (χ3n) is 2.32. The number of esters is 1. The van der Waals surface area contributed by atoms with Gasteiger partial charge in [-0.05, 0) is 16.9 Å². The molecule has 1 rings (SSSR count). The average molecular weight is 255 g/mol. The molecule has 94 valence electrons. The minimum atomic E-state index is -0.651. The molecule has 0 radical (unpaired) electrons. The van der Waals surface area contributed by atoms with Crippen LogP contribution in [0.4, 0.5) is 0 Å². The normalized spacial score (nSPS) is 12.9. The van der Waals surface area contributed by atoms with E-state index in [9.17, 15) is 9.59 Å². The zero-order valence-corrected chi connectivity index (χ0v) is 11.3. The molecule has 1 amide bonds. The van der Waals surface area contributed by atoms with Crippen molar-refractivity contribution >= 4 is 23.2 Å². The molecule has 0 saturated carbocycles. The van der Waals surface area contributed by atoms with E-state index in [1.165, 1.54) is 18.4 Å². The van der Waals surface area contributed by atoms with Crippen LogP contribution in [0, 0.1) is 5.41 Å². The average Bonchev–Trinajstić information content (AvgIpc) is 2.76. The molecule has 0 aliphatic heterocycles. The molecular formula is C12H17NO3S. The van der Waals surface area contributed by atoms with E-state index in [4.69, 9.17) is 4.74 Å². The smallest absolute Gasteiger partial charge is 0.328 e. The first kappa shape index (κ1) is 13.7. The Bertz CT molecular complexity index is 392. The molecule has 0 fully saturated rings. The molecule has 0 aliphatic carbocycles. The minimum absolute atomic E-state index is 0.245. The molecule has 5 heteroatoms. The SMILES string of the molecule is COC(=O)[C@@H](NC(=O)c1cccs1)C(C)(C)C. The second kappa shape index (κ2) is 5.31. The first-order valence-corrected chi connectivity index (χ1v) is 6.16. The van der Waals surface area contributed by atoms with Crippen molar-refractivity contribution in [3.05, 3.63) is 22.4 Å². The van der Waals surface area contributed by atoms with Crippen molar-refractivity contribution in [3.8, 4) is 0 Å². The number of methoxy groups -OCH3 is 1. The van der Waals surface area contributed by atoms with Crippen molar-refractivity contribution in [2.45, 2.75) is 26.8 Å². The molecule has 1 aromatic heterocycles. The number of nitrogens with one attached hydrogen (secondary N) is 1. The highest BCUT2D eigenvalue weighted by atomic mass is 32.1. The Balaban J connectivity index is 2.81. The Labute approximate surface area is 105 Å². The van der Waals surface area contributed by atoms with Crippen LogP contribution in [-0.4, -0.2) is 25.0 Å². The number of rotatable bonds is 3. The fourth-order valence-electron chi connectivity index (χ4n) is 1.36. The summed E-state index contributed by atoms with van der Waals surface area (Å²) in [6.07, 6.45) is 0. The third kappa shape index (κ3) is 3.56. The fraction of sp³-hybridized carbons (Fsp3) is 0.500. The van der Waals surface area contributed by atoms with Gasteiger partial charge in [0.15, 0.2) is 0 Å². The summed E-state index contributed by atoms with van der Waals surface area (Å²) in [5.74, 6) is -0.673. The number of thiophene rings is 1. The van der Waals surface area contributed by atoms with Gasteiger partial charge in [0.2, 0.25) is 0 Å². The molecule has 0 aromatic carbocycles. The quantitative estimate of drug-likeness (QED) is 0.841. The molecule has 0 bridgehead atoms. The van der Waals surface area contributed by atoms with Crippen molar-refractivity contribution in [2.75, 3.05) is 7.11 Å². The maximum Gasteiger partial charge on any atom is 0.328 e. The van der Waals surface area contributed by atoms with Gasteiger partial charge in [-0.3, -0.25) is 4.79 Å². The van der Waals surface area contributed by atoms with Crippen LogP contribution in [0.3, 0.4) is 0 Å². The van der Waals surface area contributed by atoms with Gasteiger partial charge in [0.1, 0.15) is 6.04 Å². The van der Waals surface area contributed by atoms with Crippen LogP contribution < -0.4 is 5.32 Å². The van der Waals surface area contributed by atoms with E-state index < -0.39 is 12.0 Å². The van der Waals surface area contributed by atoms with Crippen LogP contribution in [0.2, 0.25) is 0 Å². The van der Waals surface area contributed by atoms with Gasteiger partial charge in [-0.15, -0.1) is 11.3 Å². The number of ether oxygens (including phenoxy) is 1. The summed E-state index contributed by atoms with van der Waals surface area (Å²) >= 11 is 1.34. The summed E-state index contributed by atoms with van der Waals surface area (Å²) in [5.41, 5.74) is -0.389. The first-order valence-electron chi connectivity index (χ1n) is 5.28. The standard InChI is InChI=1S/C12H17NO3S/c1-12(2,3)9(11(15)16-4)13-10(14)8-6-5-7-17-8/h5-7,9H,1-4H3,(H,13,14)/t9-/m1/s1. The van der Waals surface area contributed by atoms with Crippen LogP contribution in [0.25, 0.3) is 0 Å². The zero-order chi connectivity index (χ0) is 13.1. The lowest BCUT2D eigenvalue weighted by atomic mass is 9.86. The fourth-order valence-corrected chi connectivity index (χ4v) is 1.98. The molecule has 17 heavy (non-hydrogen) atoms. The molecule has 4 nitrogen and oxygen atoms in total. The van der Waals surface area contributed by atoms with Crippen molar-refractivity contribution < 1.29 is 14.3 Å². The van der Waals surface area contributed by atoms with Crippen LogP contribution in [0.5, 0.6) is 0 Å². The molecule has 0 saturated heterocycles. The highest BCUT2D eigenvalue weighted by molar-refractivity contribution is 7.12. The highest BCUT2D eigenvalue weighted by Crippen LogP contribution is 2.21. The zero-order valence-electron chi connectivity index (χ0n) is 10.4. The van der Waals surface area contributed by atoms with E-state index in [2.05, 4.69) is 5.32 Å². The Hall–Kier alpha value is -1.36. The Kier molecular flexibility index (Phi) is 4.28. The van der Waals surface area contributed by atoms with E-state index in [1.54, 1.807) is 12.1 Å². The number of carbonyl (C=O) groups is 2. The number of amides is 1.